The molecule has 0 radical (unpaired) electrons. The summed E-state index contributed by atoms with van der Waals surface area (Å²) in [5.41, 5.74) is 1.66. The molecule has 0 bridgehead atoms. The summed E-state index contributed by atoms with van der Waals surface area (Å²) in [6, 6.07) is 11.9. The number of ether oxygens (including phenoxy) is 1. The molecule has 2 saturated heterocycles. The molecule has 35 heavy (non-hydrogen) atoms. The molecule has 0 N–H and O–H groups in total. The number of thiophene rings is 1. The maximum Gasteiger partial charge on any atom is 0.263 e. The Hall–Kier alpha value is -3.10. The van der Waals surface area contributed by atoms with Crippen LogP contribution in [0.4, 0.5) is 0 Å². The van der Waals surface area contributed by atoms with E-state index < -0.39 is 0 Å². The molecule has 5 rings (SSSR count). The first-order chi connectivity index (χ1) is 17.1. The summed E-state index contributed by atoms with van der Waals surface area (Å²) in [4.78, 5) is 37.8. The second-order valence-corrected chi connectivity index (χ2v) is 9.68. The van der Waals surface area contributed by atoms with Gasteiger partial charge in [0.05, 0.1) is 37.8 Å². The summed E-state index contributed by atoms with van der Waals surface area (Å²) < 4.78 is 6.84. The Bertz CT molecular complexity index is 1280. The molecule has 2 fully saturated rings. The Labute approximate surface area is 207 Å². The molecule has 1 aromatic carbocycles. The van der Waals surface area contributed by atoms with E-state index in [1.807, 2.05) is 40.6 Å². The van der Waals surface area contributed by atoms with Crippen LogP contribution in [0.5, 0.6) is 0 Å². The van der Waals surface area contributed by atoms with E-state index in [1.165, 1.54) is 15.9 Å². The topological polar surface area (TPSA) is 94.7 Å². The highest BCUT2D eigenvalue weighted by molar-refractivity contribution is 7.17. The van der Waals surface area contributed by atoms with Crippen LogP contribution in [0.3, 0.4) is 0 Å². The smallest absolute Gasteiger partial charge is 0.263 e. The molecule has 2 aliphatic heterocycles. The van der Waals surface area contributed by atoms with E-state index in [9.17, 15) is 14.9 Å². The number of rotatable bonds is 6. The van der Waals surface area contributed by atoms with Crippen molar-refractivity contribution in [2.45, 2.75) is 13.1 Å². The van der Waals surface area contributed by atoms with Crippen LogP contribution in [-0.4, -0.2) is 89.2 Å². The van der Waals surface area contributed by atoms with Crippen LogP contribution in [0.2, 0.25) is 0 Å². The first-order valence-electron chi connectivity index (χ1n) is 11.9. The van der Waals surface area contributed by atoms with Gasteiger partial charge in [0.2, 0.25) is 5.91 Å². The lowest BCUT2D eigenvalue weighted by Crippen LogP contribution is -2.51. The Morgan fingerprint density at radius 1 is 1.06 bits per heavy atom. The second kappa shape index (κ2) is 10.7. The predicted molar refractivity (Wildman–Crippen MR) is 134 cm³/mol. The van der Waals surface area contributed by atoms with Gasteiger partial charge in [0.1, 0.15) is 17.2 Å². The van der Waals surface area contributed by atoms with Gasteiger partial charge in [-0.05, 0) is 5.56 Å². The molecule has 2 aromatic heterocycles. The zero-order valence-electron chi connectivity index (χ0n) is 19.6. The first-order valence-corrected chi connectivity index (χ1v) is 12.8. The highest BCUT2D eigenvalue weighted by Crippen LogP contribution is 2.31. The number of carbonyl (C=O) groups is 1. The van der Waals surface area contributed by atoms with E-state index in [1.54, 1.807) is 0 Å². The molecule has 4 heterocycles. The van der Waals surface area contributed by atoms with Gasteiger partial charge in [0.25, 0.3) is 5.56 Å². The molecular formula is C25H28N6O3S. The van der Waals surface area contributed by atoms with Gasteiger partial charge in [-0.15, -0.1) is 11.3 Å². The van der Waals surface area contributed by atoms with Gasteiger partial charge in [0.15, 0.2) is 0 Å². The number of hydrogen-bond donors (Lipinski definition) is 0. The third-order valence-electron chi connectivity index (χ3n) is 6.64. The fourth-order valence-electron chi connectivity index (χ4n) is 4.66. The summed E-state index contributed by atoms with van der Waals surface area (Å²) in [7, 11) is 0. The van der Waals surface area contributed by atoms with Crippen molar-refractivity contribution in [2.75, 3.05) is 59.0 Å². The highest BCUT2D eigenvalue weighted by Gasteiger charge is 2.24. The summed E-state index contributed by atoms with van der Waals surface area (Å²) >= 11 is 1.46. The number of morpholine rings is 1. The SMILES string of the molecule is N#CCn1c(CN2CCN(CC(=O)N3CCOCC3)CC2)nc2scc(-c3ccccc3)c2c1=O. The fourth-order valence-corrected chi connectivity index (χ4v) is 5.62. The summed E-state index contributed by atoms with van der Waals surface area (Å²) in [6.07, 6.45) is 0. The van der Waals surface area contributed by atoms with Gasteiger partial charge in [-0.2, -0.15) is 5.26 Å². The fraction of sp³-hybridized carbons (Fsp3) is 0.440. The molecule has 0 aliphatic carbocycles. The lowest BCUT2D eigenvalue weighted by atomic mass is 10.1. The van der Waals surface area contributed by atoms with Crippen molar-refractivity contribution in [3.05, 3.63) is 51.9 Å². The van der Waals surface area contributed by atoms with Gasteiger partial charge in [0, 0.05) is 50.2 Å². The number of amides is 1. The Balaban J connectivity index is 1.30. The third-order valence-corrected chi connectivity index (χ3v) is 7.51. The average molecular weight is 493 g/mol. The first kappa shape index (κ1) is 23.6. The minimum Gasteiger partial charge on any atom is -0.378 e. The van der Waals surface area contributed by atoms with Crippen molar-refractivity contribution in [2.24, 2.45) is 0 Å². The van der Waals surface area contributed by atoms with E-state index in [0.29, 0.717) is 55.4 Å². The zero-order chi connectivity index (χ0) is 24.2. The van der Waals surface area contributed by atoms with Gasteiger partial charge >= 0.3 is 0 Å². The Morgan fingerprint density at radius 2 is 1.77 bits per heavy atom. The predicted octanol–water partition coefficient (Wildman–Crippen LogP) is 1.62. The normalized spacial score (nSPS) is 17.5. The van der Waals surface area contributed by atoms with Crippen LogP contribution in [-0.2, 0) is 22.6 Å². The van der Waals surface area contributed by atoms with Crippen LogP contribution >= 0.6 is 11.3 Å². The number of aromatic nitrogens is 2. The largest absolute Gasteiger partial charge is 0.378 e. The number of benzene rings is 1. The van der Waals surface area contributed by atoms with Crippen molar-refractivity contribution in [3.63, 3.8) is 0 Å². The van der Waals surface area contributed by atoms with Crippen molar-refractivity contribution in [1.29, 1.82) is 5.26 Å². The van der Waals surface area contributed by atoms with Crippen LogP contribution in [0.1, 0.15) is 5.82 Å². The quantitative estimate of drug-likeness (QED) is 0.516. The van der Waals surface area contributed by atoms with E-state index in [2.05, 4.69) is 15.9 Å². The number of piperazine rings is 1. The molecule has 182 valence electrons. The number of fused-ring (bicyclic) bond motifs is 1. The molecule has 0 unspecified atom stereocenters. The monoisotopic (exact) mass is 492 g/mol. The number of nitrogens with zero attached hydrogens (tertiary/aromatic N) is 6. The molecular weight excluding hydrogens is 464 g/mol. The Kier molecular flexibility index (Phi) is 7.20. The van der Waals surface area contributed by atoms with Gasteiger partial charge in [-0.3, -0.25) is 24.0 Å². The lowest BCUT2D eigenvalue weighted by molar-refractivity contribution is -0.136. The zero-order valence-corrected chi connectivity index (χ0v) is 20.4. The van der Waals surface area contributed by atoms with Crippen LogP contribution in [0.15, 0.2) is 40.5 Å². The van der Waals surface area contributed by atoms with Crippen molar-refractivity contribution >= 4 is 27.5 Å². The van der Waals surface area contributed by atoms with Gasteiger partial charge in [-0.1, -0.05) is 30.3 Å². The number of hydrogen-bond acceptors (Lipinski definition) is 8. The molecule has 10 heteroatoms. The second-order valence-electron chi connectivity index (χ2n) is 8.82. The summed E-state index contributed by atoms with van der Waals surface area (Å²) in [6.45, 7) is 6.54. The standard InChI is InChI=1S/C25H28N6O3S/c26-6-7-31-21(27-24-23(25(31)33)20(18-35-24)19-4-2-1-3-5-19)16-28-8-10-29(11-9-28)17-22(32)30-12-14-34-15-13-30/h1-5,18H,7-17H2. The molecule has 2 aliphatic rings. The summed E-state index contributed by atoms with van der Waals surface area (Å²) in [5, 5.41) is 12.0. The minimum atomic E-state index is -0.165. The average Bonchev–Trinajstić information content (AvgIpc) is 3.33. The summed E-state index contributed by atoms with van der Waals surface area (Å²) in [5.74, 6) is 0.770. The minimum absolute atomic E-state index is 0.0325. The van der Waals surface area contributed by atoms with E-state index in [-0.39, 0.29) is 18.0 Å². The molecule has 0 spiro atoms. The van der Waals surface area contributed by atoms with Crippen molar-refractivity contribution in [3.8, 4) is 17.2 Å². The maximum absolute atomic E-state index is 13.5. The van der Waals surface area contributed by atoms with E-state index in [0.717, 1.165) is 37.3 Å². The Morgan fingerprint density at radius 3 is 2.49 bits per heavy atom. The molecule has 1 amide bonds. The highest BCUT2D eigenvalue weighted by atomic mass is 32.1. The lowest BCUT2D eigenvalue weighted by Gasteiger charge is -2.36. The molecule has 9 nitrogen and oxygen atoms in total. The number of carbonyl (C=O) groups excluding carboxylic acids is 1. The van der Waals surface area contributed by atoms with Crippen LogP contribution < -0.4 is 5.56 Å². The van der Waals surface area contributed by atoms with Crippen LogP contribution in [0.25, 0.3) is 21.3 Å². The van der Waals surface area contributed by atoms with Gasteiger partial charge < -0.3 is 9.64 Å². The van der Waals surface area contributed by atoms with Crippen molar-refractivity contribution < 1.29 is 9.53 Å². The molecule has 3 aromatic rings. The molecule has 0 atom stereocenters. The maximum atomic E-state index is 13.5. The van der Waals surface area contributed by atoms with E-state index in [4.69, 9.17) is 9.72 Å². The van der Waals surface area contributed by atoms with Gasteiger partial charge in [-0.25, -0.2) is 4.98 Å². The number of nitriles is 1. The van der Waals surface area contributed by atoms with Crippen LogP contribution in [0, 0.1) is 11.3 Å². The van der Waals surface area contributed by atoms with E-state index >= 15 is 0 Å². The third kappa shape index (κ3) is 5.13. The molecule has 0 saturated carbocycles. The van der Waals surface area contributed by atoms with Crippen molar-refractivity contribution in [1.82, 2.24) is 24.3 Å².